The molecule has 98 valence electrons. The number of nitrogens with zero attached hydrogens (tertiary/aromatic N) is 2. The van der Waals surface area contributed by atoms with Crippen LogP contribution in [0.4, 0.5) is 11.5 Å². The SMILES string of the molecule is CC(N)C(=O)Nc1ccc(N2CCCCC2)cn1. The first-order valence-electron chi connectivity index (χ1n) is 6.44. The van der Waals surface area contributed by atoms with Gasteiger partial charge in [0.05, 0.1) is 17.9 Å². The number of rotatable bonds is 3. The van der Waals surface area contributed by atoms with E-state index >= 15 is 0 Å². The van der Waals surface area contributed by atoms with Crippen molar-refractivity contribution in [3.05, 3.63) is 18.3 Å². The van der Waals surface area contributed by atoms with E-state index < -0.39 is 6.04 Å². The van der Waals surface area contributed by atoms with Crippen LogP contribution in [0.15, 0.2) is 18.3 Å². The number of nitrogens with one attached hydrogen (secondary N) is 1. The van der Waals surface area contributed by atoms with E-state index in [0.29, 0.717) is 5.82 Å². The van der Waals surface area contributed by atoms with Crippen LogP contribution in [0.25, 0.3) is 0 Å². The molecule has 1 atom stereocenters. The van der Waals surface area contributed by atoms with Crippen molar-refractivity contribution in [3.8, 4) is 0 Å². The number of amides is 1. The van der Waals surface area contributed by atoms with E-state index in [0.717, 1.165) is 18.8 Å². The van der Waals surface area contributed by atoms with Crippen molar-refractivity contribution in [1.29, 1.82) is 0 Å². The topological polar surface area (TPSA) is 71.2 Å². The number of carbonyl (C=O) groups is 1. The lowest BCUT2D eigenvalue weighted by Gasteiger charge is -2.28. The first-order chi connectivity index (χ1) is 8.66. The Balaban J connectivity index is 1.98. The summed E-state index contributed by atoms with van der Waals surface area (Å²) in [7, 11) is 0. The highest BCUT2D eigenvalue weighted by molar-refractivity contribution is 5.93. The van der Waals surface area contributed by atoms with Gasteiger partial charge in [0.15, 0.2) is 0 Å². The van der Waals surface area contributed by atoms with Gasteiger partial charge in [0.2, 0.25) is 5.91 Å². The molecule has 0 radical (unpaired) electrons. The fourth-order valence-corrected chi connectivity index (χ4v) is 2.04. The number of nitrogens with two attached hydrogens (primary N) is 1. The van der Waals surface area contributed by atoms with Crippen molar-refractivity contribution in [2.45, 2.75) is 32.2 Å². The Hall–Kier alpha value is -1.62. The maximum atomic E-state index is 11.4. The van der Waals surface area contributed by atoms with Gasteiger partial charge in [-0.3, -0.25) is 4.79 Å². The Bertz CT molecular complexity index is 396. The molecule has 1 saturated heterocycles. The fraction of sp³-hybridized carbons (Fsp3) is 0.538. The van der Waals surface area contributed by atoms with Crippen LogP contribution >= 0.6 is 0 Å². The molecule has 0 bridgehead atoms. The highest BCUT2D eigenvalue weighted by Crippen LogP contribution is 2.19. The normalized spacial score (nSPS) is 17.3. The van der Waals surface area contributed by atoms with Crippen LogP contribution in [0, 0.1) is 0 Å². The summed E-state index contributed by atoms with van der Waals surface area (Å²) in [5.41, 5.74) is 6.60. The fourth-order valence-electron chi connectivity index (χ4n) is 2.04. The highest BCUT2D eigenvalue weighted by atomic mass is 16.2. The third kappa shape index (κ3) is 3.20. The zero-order valence-corrected chi connectivity index (χ0v) is 10.7. The maximum absolute atomic E-state index is 11.4. The van der Waals surface area contributed by atoms with Crippen molar-refractivity contribution in [2.24, 2.45) is 5.73 Å². The molecule has 2 heterocycles. The molecule has 5 nitrogen and oxygen atoms in total. The average Bonchev–Trinajstić information content (AvgIpc) is 2.40. The summed E-state index contributed by atoms with van der Waals surface area (Å²) in [4.78, 5) is 18.0. The standard InChI is InChI=1S/C13H20N4O/c1-10(14)13(18)16-12-6-5-11(9-15-12)17-7-3-2-4-8-17/h5-6,9-10H,2-4,7-8,14H2,1H3,(H,15,16,18). The molecule has 1 fully saturated rings. The van der Waals surface area contributed by atoms with Gasteiger partial charge in [-0.05, 0) is 38.3 Å². The third-order valence-corrected chi connectivity index (χ3v) is 3.13. The third-order valence-electron chi connectivity index (χ3n) is 3.13. The first-order valence-corrected chi connectivity index (χ1v) is 6.44. The van der Waals surface area contributed by atoms with Crippen LogP contribution < -0.4 is 16.0 Å². The molecule has 1 aromatic rings. The predicted molar refractivity (Wildman–Crippen MR) is 72.6 cm³/mol. The Labute approximate surface area is 107 Å². The van der Waals surface area contributed by atoms with Crippen LogP contribution in [-0.2, 0) is 4.79 Å². The van der Waals surface area contributed by atoms with Crippen LogP contribution in [0.2, 0.25) is 0 Å². The monoisotopic (exact) mass is 248 g/mol. The van der Waals surface area contributed by atoms with E-state index in [9.17, 15) is 4.79 Å². The van der Waals surface area contributed by atoms with E-state index in [2.05, 4.69) is 15.2 Å². The van der Waals surface area contributed by atoms with Gasteiger partial charge in [0.1, 0.15) is 5.82 Å². The molecule has 18 heavy (non-hydrogen) atoms. The van der Waals surface area contributed by atoms with Crippen LogP contribution in [0.3, 0.4) is 0 Å². The molecule has 1 unspecified atom stereocenters. The van der Waals surface area contributed by atoms with Crippen molar-refractivity contribution < 1.29 is 4.79 Å². The molecule has 0 aromatic carbocycles. The van der Waals surface area contributed by atoms with Crippen LogP contribution in [0.1, 0.15) is 26.2 Å². The summed E-state index contributed by atoms with van der Waals surface area (Å²) >= 11 is 0. The minimum Gasteiger partial charge on any atom is -0.370 e. The molecule has 1 aliphatic rings. The number of hydrogen-bond acceptors (Lipinski definition) is 4. The lowest BCUT2D eigenvalue weighted by Crippen LogP contribution is -2.33. The lowest BCUT2D eigenvalue weighted by molar-refractivity contribution is -0.117. The van der Waals surface area contributed by atoms with Crippen LogP contribution in [-0.4, -0.2) is 30.0 Å². The van der Waals surface area contributed by atoms with E-state index in [1.165, 1.54) is 19.3 Å². The van der Waals surface area contributed by atoms with Crippen molar-refractivity contribution in [2.75, 3.05) is 23.3 Å². The average molecular weight is 248 g/mol. The largest absolute Gasteiger partial charge is 0.370 e. The van der Waals surface area contributed by atoms with E-state index in [-0.39, 0.29) is 5.91 Å². The summed E-state index contributed by atoms with van der Waals surface area (Å²) < 4.78 is 0. The second-order valence-electron chi connectivity index (χ2n) is 4.73. The molecule has 1 aromatic heterocycles. The van der Waals surface area contributed by atoms with Gasteiger partial charge < -0.3 is 16.0 Å². The zero-order valence-electron chi connectivity index (χ0n) is 10.7. The first kappa shape index (κ1) is 12.8. The molecule has 0 aliphatic carbocycles. The van der Waals surface area contributed by atoms with E-state index in [4.69, 9.17) is 5.73 Å². The molecule has 0 spiro atoms. The van der Waals surface area contributed by atoms with Crippen molar-refractivity contribution in [3.63, 3.8) is 0 Å². The summed E-state index contributed by atoms with van der Waals surface area (Å²) in [5.74, 6) is 0.339. The molecular weight excluding hydrogens is 228 g/mol. The van der Waals surface area contributed by atoms with Gasteiger partial charge in [0.25, 0.3) is 0 Å². The minimum absolute atomic E-state index is 0.215. The van der Waals surface area contributed by atoms with Gasteiger partial charge in [-0.1, -0.05) is 0 Å². The Morgan fingerprint density at radius 3 is 2.67 bits per heavy atom. The molecule has 3 N–H and O–H groups in total. The number of carbonyl (C=O) groups excluding carboxylic acids is 1. The Morgan fingerprint density at radius 1 is 1.39 bits per heavy atom. The second kappa shape index (κ2) is 5.82. The summed E-state index contributed by atoms with van der Waals surface area (Å²) in [6, 6.07) is 3.30. The number of piperidine rings is 1. The van der Waals surface area contributed by atoms with Gasteiger partial charge in [-0.15, -0.1) is 0 Å². The van der Waals surface area contributed by atoms with Crippen molar-refractivity contribution >= 4 is 17.4 Å². The molecule has 1 aliphatic heterocycles. The summed E-state index contributed by atoms with van der Waals surface area (Å²) in [6.07, 6.45) is 5.60. The Morgan fingerprint density at radius 2 is 2.11 bits per heavy atom. The number of anilines is 2. The lowest BCUT2D eigenvalue weighted by atomic mass is 10.1. The smallest absolute Gasteiger partial charge is 0.242 e. The quantitative estimate of drug-likeness (QED) is 0.847. The Kier molecular flexibility index (Phi) is 4.15. The van der Waals surface area contributed by atoms with Crippen LogP contribution in [0.5, 0.6) is 0 Å². The second-order valence-corrected chi connectivity index (χ2v) is 4.73. The summed E-state index contributed by atoms with van der Waals surface area (Å²) in [6.45, 7) is 3.83. The highest BCUT2D eigenvalue weighted by Gasteiger charge is 2.12. The number of pyridine rings is 1. The van der Waals surface area contributed by atoms with Crippen molar-refractivity contribution in [1.82, 2.24) is 4.98 Å². The molecule has 2 rings (SSSR count). The number of aromatic nitrogens is 1. The van der Waals surface area contributed by atoms with Gasteiger partial charge >= 0.3 is 0 Å². The molecule has 1 amide bonds. The molecule has 5 heteroatoms. The number of hydrogen-bond donors (Lipinski definition) is 2. The predicted octanol–water partition coefficient (Wildman–Crippen LogP) is 1.36. The minimum atomic E-state index is -0.520. The summed E-state index contributed by atoms with van der Waals surface area (Å²) in [5, 5.41) is 2.68. The molecular formula is C13H20N4O. The van der Waals surface area contributed by atoms with Gasteiger partial charge in [-0.25, -0.2) is 4.98 Å². The van der Waals surface area contributed by atoms with Gasteiger partial charge in [-0.2, -0.15) is 0 Å². The molecule has 0 saturated carbocycles. The maximum Gasteiger partial charge on any atom is 0.242 e. The van der Waals surface area contributed by atoms with E-state index in [1.807, 2.05) is 18.3 Å². The van der Waals surface area contributed by atoms with Gasteiger partial charge in [0, 0.05) is 13.1 Å². The van der Waals surface area contributed by atoms with E-state index in [1.54, 1.807) is 6.92 Å². The zero-order chi connectivity index (χ0) is 13.0.